The lowest BCUT2D eigenvalue weighted by atomic mass is 10.1. The van der Waals surface area contributed by atoms with Gasteiger partial charge in [-0.2, -0.15) is 0 Å². The van der Waals surface area contributed by atoms with Crippen LogP contribution in [0.2, 0.25) is 0 Å². The van der Waals surface area contributed by atoms with E-state index in [1.807, 2.05) is 0 Å². The van der Waals surface area contributed by atoms with Crippen LogP contribution in [0, 0.1) is 20.2 Å². The first-order valence-corrected chi connectivity index (χ1v) is 4.53. The van der Waals surface area contributed by atoms with E-state index in [0.717, 1.165) is 0 Å². The summed E-state index contributed by atoms with van der Waals surface area (Å²) in [5.41, 5.74) is 0.260. The Kier molecular flexibility index (Phi) is 3.56. The van der Waals surface area contributed by atoms with Crippen molar-refractivity contribution in [3.8, 4) is 0 Å². The minimum absolute atomic E-state index is 0.101. The number of nitrogens with zero attached hydrogens (tertiary/aromatic N) is 2. The Bertz CT molecular complexity index is 379. The first-order valence-electron chi connectivity index (χ1n) is 4.00. The van der Waals surface area contributed by atoms with E-state index in [-0.39, 0.29) is 11.6 Å². The molecule has 0 heterocycles. The molecule has 1 aromatic carbocycles. The second-order valence-corrected chi connectivity index (χ2v) is 3.11. The van der Waals surface area contributed by atoms with Crippen LogP contribution in [0.5, 0.6) is 0 Å². The Morgan fingerprint density at radius 3 is 2.07 bits per heavy atom. The fourth-order valence-corrected chi connectivity index (χ4v) is 1.38. The van der Waals surface area contributed by atoms with Crippen molar-refractivity contribution in [1.29, 1.82) is 0 Å². The molecule has 0 aliphatic rings. The van der Waals surface area contributed by atoms with Gasteiger partial charge in [0.25, 0.3) is 11.7 Å². The van der Waals surface area contributed by atoms with Gasteiger partial charge in [0.05, 0.1) is 10.8 Å². The van der Waals surface area contributed by atoms with Crippen molar-refractivity contribution >= 4 is 17.3 Å². The lowest BCUT2D eigenvalue weighted by Gasteiger charge is -2.05. The van der Waals surface area contributed by atoms with E-state index in [9.17, 15) is 20.2 Å². The van der Waals surface area contributed by atoms with Crippen molar-refractivity contribution in [3.63, 3.8) is 0 Å². The maximum Gasteiger partial charge on any atom is 0.269 e. The number of benzene rings is 1. The van der Waals surface area contributed by atoms with Gasteiger partial charge in [0.1, 0.15) is 0 Å². The van der Waals surface area contributed by atoms with Gasteiger partial charge in [-0.1, -0.05) is 0 Å². The Hall–Kier alpha value is -1.69. The van der Waals surface area contributed by atoms with Gasteiger partial charge in [-0.25, -0.2) is 0 Å². The molecule has 7 heteroatoms. The number of rotatable bonds is 4. The molecule has 0 bridgehead atoms. The van der Waals surface area contributed by atoms with Crippen LogP contribution in [0.1, 0.15) is 11.6 Å². The number of halogens is 1. The fourth-order valence-electron chi connectivity index (χ4n) is 1.09. The van der Waals surface area contributed by atoms with Crippen LogP contribution in [0.15, 0.2) is 24.3 Å². The molecule has 0 aliphatic heterocycles. The summed E-state index contributed by atoms with van der Waals surface area (Å²) in [6.45, 7) is 0. The maximum absolute atomic E-state index is 10.5. The molecule has 0 fully saturated rings. The van der Waals surface area contributed by atoms with Crippen LogP contribution in [0.4, 0.5) is 5.69 Å². The van der Waals surface area contributed by atoms with Gasteiger partial charge in [0.2, 0.25) is 0 Å². The Balaban J connectivity index is 2.97. The summed E-state index contributed by atoms with van der Waals surface area (Å²) < 4.78 is 0. The molecule has 0 saturated carbocycles. The zero-order valence-corrected chi connectivity index (χ0v) is 8.26. The maximum atomic E-state index is 10.5. The first kappa shape index (κ1) is 11.4. The normalized spacial score (nSPS) is 12.1. The zero-order chi connectivity index (χ0) is 11.4. The van der Waals surface area contributed by atoms with Crippen molar-refractivity contribution < 1.29 is 9.85 Å². The van der Waals surface area contributed by atoms with Crippen LogP contribution in [0.3, 0.4) is 0 Å². The molecule has 1 rings (SSSR count). The summed E-state index contributed by atoms with van der Waals surface area (Å²) >= 11 is 5.42. The fraction of sp³-hybridized carbons (Fsp3) is 0.250. The molecule has 1 unspecified atom stereocenters. The highest BCUT2D eigenvalue weighted by Crippen LogP contribution is 2.20. The SMILES string of the molecule is O=[N+]([O-])c1ccc(C(CCl)[N+](=O)[O-])cc1. The number of nitro groups is 2. The summed E-state index contributed by atoms with van der Waals surface area (Å²) in [5, 5.41) is 20.9. The van der Waals surface area contributed by atoms with E-state index in [1.165, 1.54) is 24.3 Å². The van der Waals surface area contributed by atoms with Gasteiger partial charge in [-0.3, -0.25) is 20.2 Å². The van der Waals surface area contributed by atoms with Crippen molar-refractivity contribution in [2.24, 2.45) is 0 Å². The number of non-ortho nitro benzene ring substituents is 1. The Labute approximate surface area is 89.8 Å². The quantitative estimate of drug-likeness (QED) is 0.450. The summed E-state index contributed by atoms with van der Waals surface area (Å²) in [6, 6.07) is 4.10. The molecule has 0 N–H and O–H groups in total. The summed E-state index contributed by atoms with van der Waals surface area (Å²) in [6.07, 6.45) is 0. The molecule has 0 aliphatic carbocycles. The minimum Gasteiger partial charge on any atom is -0.264 e. The summed E-state index contributed by atoms with van der Waals surface area (Å²) in [4.78, 5) is 19.8. The van der Waals surface area contributed by atoms with Gasteiger partial charge < -0.3 is 0 Å². The van der Waals surface area contributed by atoms with Crippen molar-refractivity contribution in [2.75, 3.05) is 5.88 Å². The first-order chi connectivity index (χ1) is 7.06. The molecule has 0 spiro atoms. The predicted molar refractivity (Wildman–Crippen MR) is 53.6 cm³/mol. The van der Waals surface area contributed by atoms with E-state index >= 15 is 0 Å². The third-order valence-electron chi connectivity index (χ3n) is 1.89. The average molecular weight is 231 g/mol. The highest BCUT2D eigenvalue weighted by Gasteiger charge is 2.21. The molecule has 1 aromatic rings. The van der Waals surface area contributed by atoms with Crippen LogP contribution in [-0.2, 0) is 0 Å². The number of alkyl halides is 1. The molecule has 6 nitrogen and oxygen atoms in total. The molecular formula is C8H7ClN2O4. The third-order valence-corrected chi connectivity index (χ3v) is 2.18. The zero-order valence-electron chi connectivity index (χ0n) is 7.50. The van der Waals surface area contributed by atoms with Gasteiger partial charge in [0, 0.05) is 22.6 Å². The average Bonchev–Trinajstić information content (AvgIpc) is 2.19. The van der Waals surface area contributed by atoms with E-state index in [0.29, 0.717) is 5.56 Å². The van der Waals surface area contributed by atoms with E-state index in [2.05, 4.69) is 0 Å². The molecule has 15 heavy (non-hydrogen) atoms. The smallest absolute Gasteiger partial charge is 0.264 e. The highest BCUT2D eigenvalue weighted by atomic mass is 35.5. The monoisotopic (exact) mass is 230 g/mol. The molecular weight excluding hydrogens is 224 g/mol. The van der Waals surface area contributed by atoms with Gasteiger partial charge >= 0.3 is 0 Å². The number of nitro benzene ring substituents is 1. The summed E-state index contributed by atoms with van der Waals surface area (Å²) in [7, 11) is 0. The van der Waals surface area contributed by atoms with E-state index in [1.54, 1.807) is 0 Å². The Morgan fingerprint density at radius 1 is 1.20 bits per heavy atom. The van der Waals surface area contributed by atoms with Gasteiger partial charge in [0.15, 0.2) is 0 Å². The second-order valence-electron chi connectivity index (χ2n) is 2.80. The molecule has 0 aromatic heterocycles. The number of hydrogen-bond donors (Lipinski definition) is 0. The molecule has 0 radical (unpaired) electrons. The standard InChI is InChI=1S/C8H7ClN2O4/c9-5-8(11(14)15)6-1-3-7(4-2-6)10(12)13/h1-4,8H,5H2. The molecule has 80 valence electrons. The van der Waals surface area contributed by atoms with Crippen LogP contribution >= 0.6 is 11.6 Å². The molecule has 0 amide bonds. The Morgan fingerprint density at radius 2 is 1.73 bits per heavy atom. The predicted octanol–water partition coefficient (Wildman–Crippen LogP) is 2.15. The molecule has 0 saturated heterocycles. The van der Waals surface area contributed by atoms with Crippen molar-refractivity contribution in [2.45, 2.75) is 6.04 Å². The van der Waals surface area contributed by atoms with Crippen molar-refractivity contribution in [3.05, 3.63) is 50.1 Å². The van der Waals surface area contributed by atoms with Crippen LogP contribution in [-0.4, -0.2) is 15.7 Å². The summed E-state index contributed by atoms with van der Waals surface area (Å²) in [5.74, 6) is -0.162. The van der Waals surface area contributed by atoms with Gasteiger partial charge in [-0.05, 0) is 12.1 Å². The highest BCUT2D eigenvalue weighted by molar-refractivity contribution is 6.18. The minimum atomic E-state index is -1.02. The van der Waals surface area contributed by atoms with Crippen LogP contribution < -0.4 is 0 Å². The number of hydrogen-bond acceptors (Lipinski definition) is 4. The van der Waals surface area contributed by atoms with Gasteiger partial charge in [-0.15, -0.1) is 11.6 Å². The molecule has 1 atom stereocenters. The topological polar surface area (TPSA) is 86.3 Å². The van der Waals surface area contributed by atoms with E-state index in [4.69, 9.17) is 11.6 Å². The second kappa shape index (κ2) is 4.70. The van der Waals surface area contributed by atoms with Crippen molar-refractivity contribution in [1.82, 2.24) is 0 Å². The van der Waals surface area contributed by atoms with E-state index < -0.39 is 15.9 Å². The lowest BCUT2D eigenvalue weighted by Crippen LogP contribution is -2.11. The third kappa shape index (κ3) is 2.63. The largest absolute Gasteiger partial charge is 0.269 e. The lowest BCUT2D eigenvalue weighted by molar-refractivity contribution is -0.523. The van der Waals surface area contributed by atoms with Crippen LogP contribution in [0.25, 0.3) is 0 Å².